The lowest BCUT2D eigenvalue weighted by molar-refractivity contribution is -0.138. The molecule has 2 amide bonds. The molecule has 2 N–H and O–H groups in total. The number of ether oxygens (including phenoxy) is 1. The summed E-state index contributed by atoms with van der Waals surface area (Å²) in [7, 11) is 1.31. The highest BCUT2D eigenvalue weighted by molar-refractivity contribution is 6.10. The Balaban J connectivity index is 1.98. The van der Waals surface area contributed by atoms with Gasteiger partial charge in [-0.15, -0.1) is 0 Å². The minimum absolute atomic E-state index is 0.170. The van der Waals surface area contributed by atoms with Crippen molar-refractivity contribution >= 4 is 23.5 Å². The van der Waals surface area contributed by atoms with Crippen LogP contribution in [-0.2, 0) is 14.3 Å². The van der Waals surface area contributed by atoms with Crippen LogP contribution in [0.1, 0.15) is 49.9 Å². The molecular formula is C18H24N2O4. The zero-order valence-electron chi connectivity index (χ0n) is 14.3. The van der Waals surface area contributed by atoms with E-state index in [-0.39, 0.29) is 17.9 Å². The Hall–Kier alpha value is -2.37. The summed E-state index contributed by atoms with van der Waals surface area (Å²) in [4.78, 5) is 36.3. The monoisotopic (exact) mass is 332 g/mol. The molecule has 0 heterocycles. The number of methoxy groups -OCH3 is 1. The normalized spacial score (nSPS) is 15.0. The molecule has 24 heavy (non-hydrogen) atoms. The summed E-state index contributed by atoms with van der Waals surface area (Å²) in [6.07, 6.45) is 4.17. The molecule has 1 fully saturated rings. The maximum Gasteiger partial charge on any atom is 0.337 e. The summed E-state index contributed by atoms with van der Waals surface area (Å²) in [5.74, 6) is -1.09. The molecule has 1 aromatic carbocycles. The fraction of sp³-hybridized carbons (Fsp3) is 0.500. The van der Waals surface area contributed by atoms with Gasteiger partial charge in [-0.05, 0) is 51.0 Å². The lowest BCUT2D eigenvalue weighted by Gasteiger charge is -2.25. The molecule has 2 rings (SSSR count). The van der Waals surface area contributed by atoms with Crippen molar-refractivity contribution in [2.45, 2.75) is 45.6 Å². The third-order valence-electron chi connectivity index (χ3n) is 4.39. The highest BCUT2D eigenvalue weighted by Gasteiger charge is 2.37. The van der Waals surface area contributed by atoms with E-state index in [4.69, 9.17) is 0 Å². The predicted octanol–water partition coefficient (Wildman–Crippen LogP) is 2.50. The van der Waals surface area contributed by atoms with Gasteiger partial charge in [0.15, 0.2) is 0 Å². The first-order valence-corrected chi connectivity index (χ1v) is 8.15. The summed E-state index contributed by atoms with van der Waals surface area (Å²) in [5, 5.41) is 5.68. The van der Waals surface area contributed by atoms with Crippen LogP contribution < -0.4 is 10.6 Å². The highest BCUT2D eigenvalue weighted by Crippen LogP contribution is 2.23. The van der Waals surface area contributed by atoms with Crippen molar-refractivity contribution in [2.75, 3.05) is 12.4 Å². The average Bonchev–Trinajstić information content (AvgIpc) is 3.07. The van der Waals surface area contributed by atoms with E-state index in [9.17, 15) is 14.4 Å². The van der Waals surface area contributed by atoms with Gasteiger partial charge in [-0.3, -0.25) is 9.59 Å². The molecule has 6 nitrogen and oxygen atoms in total. The van der Waals surface area contributed by atoms with Gasteiger partial charge in [-0.2, -0.15) is 0 Å². The Bertz CT molecular complexity index is 616. The van der Waals surface area contributed by atoms with Gasteiger partial charge < -0.3 is 15.4 Å². The van der Waals surface area contributed by atoms with E-state index in [0.717, 1.165) is 25.7 Å². The highest BCUT2D eigenvalue weighted by atomic mass is 16.5. The third kappa shape index (κ3) is 4.13. The molecule has 1 aliphatic carbocycles. The molecule has 0 saturated heterocycles. The summed E-state index contributed by atoms with van der Waals surface area (Å²) < 4.78 is 4.63. The summed E-state index contributed by atoms with van der Waals surface area (Å²) in [5.41, 5.74) is -0.257. The molecule has 0 radical (unpaired) electrons. The fourth-order valence-electron chi connectivity index (χ4n) is 2.63. The Morgan fingerprint density at radius 2 is 1.62 bits per heavy atom. The van der Waals surface area contributed by atoms with Gasteiger partial charge in [0, 0.05) is 11.7 Å². The SMILES string of the molecule is COC(=O)c1ccc(NC(=O)C(C)(C)C(=O)NC2CCCC2)cc1. The standard InChI is InChI=1S/C18H24N2O4/c1-18(2,16(22)19-13-6-4-5-7-13)17(23)20-14-10-8-12(9-11-14)15(21)24-3/h8-11,13H,4-7H2,1-3H3,(H,19,22)(H,20,23). The van der Waals surface area contributed by atoms with E-state index >= 15 is 0 Å². The molecule has 6 heteroatoms. The topological polar surface area (TPSA) is 84.5 Å². The van der Waals surface area contributed by atoms with Crippen molar-refractivity contribution in [1.82, 2.24) is 5.32 Å². The number of hydrogen-bond acceptors (Lipinski definition) is 4. The lowest BCUT2D eigenvalue weighted by Crippen LogP contribution is -2.47. The van der Waals surface area contributed by atoms with Crippen LogP contribution in [0.4, 0.5) is 5.69 Å². The molecule has 1 aliphatic rings. The van der Waals surface area contributed by atoms with Crippen LogP contribution in [0.15, 0.2) is 24.3 Å². The molecule has 0 atom stereocenters. The third-order valence-corrected chi connectivity index (χ3v) is 4.39. The van der Waals surface area contributed by atoms with Crippen molar-refractivity contribution < 1.29 is 19.1 Å². The Labute approximate surface area is 142 Å². The van der Waals surface area contributed by atoms with E-state index in [2.05, 4.69) is 15.4 Å². The number of amides is 2. The van der Waals surface area contributed by atoms with Crippen LogP contribution >= 0.6 is 0 Å². The first-order valence-electron chi connectivity index (χ1n) is 8.15. The molecule has 0 unspecified atom stereocenters. The maximum absolute atomic E-state index is 12.5. The lowest BCUT2D eigenvalue weighted by atomic mass is 9.90. The molecule has 0 aromatic heterocycles. The van der Waals surface area contributed by atoms with E-state index < -0.39 is 11.4 Å². The van der Waals surface area contributed by atoms with Gasteiger partial charge in [0.1, 0.15) is 5.41 Å². The number of esters is 1. The second kappa shape index (κ2) is 7.47. The van der Waals surface area contributed by atoms with Gasteiger partial charge >= 0.3 is 5.97 Å². The summed E-state index contributed by atoms with van der Waals surface area (Å²) in [6, 6.07) is 6.51. The van der Waals surface area contributed by atoms with Crippen LogP contribution in [0.5, 0.6) is 0 Å². The molecule has 0 spiro atoms. The second-order valence-corrected chi connectivity index (χ2v) is 6.60. The molecule has 0 aliphatic heterocycles. The first kappa shape index (κ1) is 18.0. The Kier molecular flexibility index (Phi) is 5.59. The Morgan fingerprint density at radius 3 is 2.17 bits per heavy atom. The zero-order valence-corrected chi connectivity index (χ0v) is 14.3. The van der Waals surface area contributed by atoms with Crippen molar-refractivity contribution in [3.8, 4) is 0 Å². The minimum atomic E-state index is -1.18. The molecular weight excluding hydrogens is 308 g/mol. The zero-order chi connectivity index (χ0) is 17.7. The summed E-state index contributed by atoms with van der Waals surface area (Å²) in [6.45, 7) is 3.21. The number of nitrogens with one attached hydrogen (secondary N) is 2. The first-order chi connectivity index (χ1) is 11.3. The number of carbonyl (C=O) groups is 3. The van der Waals surface area contributed by atoms with Crippen molar-refractivity contribution in [2.24, 2.45) is 5.41 Å². The quantitative estimate of drug-likeness (QED) is 0.641. The van der Waals surface area contributed by atoms with Gasteiger partial charge in [0.05, 0.1) is 12.7 Å². The van der Waals surface area contributed by atoms with Crippen LogP contribution in [0.2, 0.25) is 0 Å². The van der Waals surface area contributed by atoms with Crippen LogP contribution in [-0.4, -0.2) is 30.9 Å². The minimum Gasteiger partial charge on any atom is -0.465 e. The van der Waals surface area contributed by atoms with E-state index in [1.54, 1.807) is 38.1 Å². The molecule has 130 valence electrons. The van der Waals surface area contributed by atoms with E-state index in [1.165, 1.54) is 7.11 Å². The molecule has 0 bridgehead atoms. The van der Waals surface area contributed by atoms with Crippen molar-refractivity contribution in [3.63, 3.8) is 0 Å². The number of rotatable bonds is 5. The largest absolute Gasteiger partial charge is 0.465 e. The van der Waals surface area contributed by atoms with E-state index in [1.807, 2.05) is 0 Å². The number of benzene rings is 1. The summed E-state index contributed by atoms with van der Waals surface area (Å²) >= 11 is 0. The Morgan fingerprint density at radius 1 is 1.04 bits per heavy atom. The van der Waals surface area contributed by atoms with Gasteiger partial charge in [-0.25, -0.2) is 4.79 Å². The van der Waals surface area contributed by atoms with Gasteiger partial charge in [0.2, 0.25) is 11.8 Å². The smallest absolute Gasteiger partial charge is 0.337 e. The van der Waals surface area contributed by atoms with Gasteiger partial charge in [-0.1, -0.05) is 12.8 Å². The fourth-order valence-corrected chi connectivity index (χ4v) is 2.63. The number of carbonyl (C=O) groups excluding carboxylic acids is 3. The van der Waals surface area contributed by atoms with Gasteiger partial charge in [0.25, 0.3) is 0 Å². The second-order valence-electron chi connectivity index (χ2n) is 6.60. The van der Waals surface area contributed by atoms with Crippen molar-refractivity contribution in [3.05, 3.63) is 29.8 Å². The molecule has 1 saturated carbocycles. The maximum atomic E-state index is 12.5. The van der Waals surface area contributed by atoms with Crippen LogP contribution in [0.3, 0.4) is 0 Å². The predicted molar refractivity (Wildman–Crippen MR) is 90.6 cm³/mol. The average molecular weight is 332 g/mol. The number of anilines is 1. The van der Waals surface area contributed by atoms with Crippen LogP contribution in [0, 0.1) is 5.41 Å². The van der Waals surface area contributed by atoms with Crippen LogP contribution in [0.25, 0.3) is 0 Å². The van der Waals surface area contributed by atoms with E-state index in [0.29, 0.717) is 11.3 Å². The molecule has 1 aromatic rings. The number of hydrogen-bond donors (Lipinski definition) is 2. The van der Waals surface area contributed by atoms with Crippen molar-refractivity contribution in [1.29, 1.82) is 0 Å².